The van der Waals surface area contributed by atoms with Crippen molar-refractivity contribution in [3.8, 4) is 17.2 Å². The predicted molar refractivity (Wildman–Crippen MR) is 96.7 cm³/mol. The maximum atomic E-state index is 12.1. The Balaban J connectivity index is 1.67. The molecule has 0 aliphatic rings. The van der Waals surface area contributed by atoms with Gasteiger partial charge in [-0.15, -0.1) is 0 Å². The number of nitrogens with one attached hydrogen (secondary N) is 1. The van der Waals surface area contributed by atoms with Crippen LogP contribution in [0.15, 0.2) is 47.8 Å². The number of hydrazone groups is 1. The van der Waals surface area contributed by atoms with Crippen molar-refractivity contribution in [2.45, 2.75) is 6.54 Å². The molecule has 2 N–H and O–H groups in total. The number of carbonyl (C=O) groups is 1. The molecule has 0 fully saturated rings. The third-order valence-electron chi connectivity index (χ3n) is 3.75. The maximum absolute atomic E-state index is 12.1. The highest BCUT2D eigenvalue weighted by atomic mass is 16.5. The Bertz CT molecular complexity index is 940. The van der Waals surface area contributed by atoms with Gasteiger partial charge < -0.3 is 19.1 Å². The molecule has 0 atom stereocenters. The molecule has 0 radical (unpaired) electrons. The Morgan fingerprint density at radius 2 is 1.96 bits per heavy atom. The van der Waals surface area contributed by atoms with Gasteiger partial charge in [0.15, 0.2) is 11.5 Å². The lowest BCUT2D eigenvalue weighted by Gasteiger charge is -2.09. The third kappa shape index (κ3) is 3.59. The second-order valence-corrected chi connectivity index (χ2v) is 5.43. The van der Waals surface area contributed by atoms with E-state index in [-0.39, 0.29) is 29.7 Å². The van der Waals surface area contributed by atoms with Crippen LogP contribution in [0.4, 0.5) is 0 Å². The van der Waals surface area contributed by atoms with Crippen molar-refractivity contribution in [1.82, 2.24) is 15.0 Å². The highest BCUT2D eigenvalue weighted by Crippen LogP contribution is 2.36. The molecule has 1 aromatic heterocycles. The van der Waals surface area contributed by atoms with E-state index < -0.39 is 0 Å². The Kier molecular flexibility index (Phi) is 5.02. The zero-order valence-electron chi connectivity index (χ0n) is 14.3. The summed E-state index contributed by atoms with van der Waals surface area (Å²) in [6.07, 6.45) is 3.05. The number of benzene rings is 2. The Labute approximate surface area is 149 Å². The first-order valence-electron chi connectivity index (χ1n) is 7.79. The van der Waals surface area contributed by atoms with E-state index in [4.69, 9.17) is 9.47 Å². The molecule has 8 heteroatoms. The Morgan fingerprint density at radius 1 is 1.27 bits per heavy atom. The summed E-state index contributed by atoms with van der Waals surface area (Å²) >= 11 is 0. The highest BCUT2D eigenvalue weighted by molar-refractivity contribution is 5.85. The Morgan fingerprint density at radius 3 is 2.65 bits per heavy atom. The molecule has 134 valence electrons. The predicted octanol–water partition coefficient (Wildman–Crippen LogP) is 1.91. The molecule has 2 aromatic carbocycles. The monoisotopic (exact) mass is 354 g/mol. The number of aromatic hydroxyl groups is 1. The number of fused-ring (bicyclic) bond motifs is 1. The van der Waals surface area contributed by atoms with Crippen LogP contribution in [0.1, 0.15) is 5.56 Å². The molecule has 26 heavy (non-hydrogen) atoms. The van der Waals surface area contributed by atoms with Gasteiger partial charge in [-0.3, -0.25) is 4.79 Å². The largest absolute Gasteiger partial charge is 0.502 e. The Hall–Kier alpha value is -3.55. The summed E-state index contributed by atoms with van der Waals surface area (Å²) in [7, 11) is 2.87. The number of nitrogens with zero attached hydrogens (tertiary/aromatic N) is 3. The van der Waals surface area contributed by atoms with Crippen LogP contribution in [0, 0.1) is 0 Å². The molecular formula is C18H18N4O4. The molecule has 8 nitrogen and oxygen atoms in total. The number of methoxy groups -OCH3 is 2. The fourth-order valence-electron chi connectivity index (χ4n) is 2.49. The normalized spacial score (nSPS) is 11.0. The molecule has 1 amide bonds. The lowest BCUT2D eigenvalue weighted by Crippen LogP contribution is -2.22. The van der Waals surface area contributed by atoms with Crippen molar-refractivity contribution in [1.29, 1.82) is 0 Å². The second-order valence-electron chi connectivity index (χ2n) is 5.43. The topological polar surface area (TPSA) is 98.0 Å². The van der Waals surface area contributed by atoms with Gasteiger partial charge in [-0.25, -0.2) is 10.4 Å². The number of phenolic OH excluding ortho intramolecular Hbond substituents is 1. The van der Waals surface area contributed by atoms with Gasteiger partial charge in [0.05, 0.1) is 37.8 Å². The van der Waals surface area contributed by atoms with Crippen molar-refractivity contribution < 1.29 is 19.4 Å². The van der Waals surface area contributed by atoms with Crippen LogP contribution >= 0.6 is 0 Å². The number of imidazole rings is 1. The van der Waals surface area contributed by atoms with Crippen molar-refractivity contribution >= 4 is 23.2 Å². The van der Waals surface area contributed by atoms with Crippen LogP contribution in [0.25, 0.3) is 11.0 Å². The van der Waals surface area contributed by atoms with E-state index in [0.717, 1.165) is 11.0 Å². The molecule has 0 saturated heterocycles. The van der Waals surface area contributed by atoms with Crippen molar-refractivity contribution in [2.24, 2.45) is 5.10 Å². The summed E-state index contributed by atoms with van der Waals surface area (Å²) in [4.78, 5) is 16.3. The standard InChI is InChI=1S/C18H18N4O4/c1-25-15-7-12(8-16(26-2)18(15)24)9-20-21-17(23)10-22-11-19-13-5-3-4-6-14(13)22/h3-9,11,24H,10H2,1-2H3,(H,21,23)/b20-9+. The van der Waals surface area contributed by atoms with E-state index >= 15 is 0 Å². The molecule has 0 saturated carbocycles. The van der Waals surface area contributed by atoms with E-state index in [1.165, 1.54) is 20.4 Å². The SMILES string of the molecule is COc1cc(/C=N/NC(=O)Cn2cnc3ccccc32)cc(OC)c1O. The lowest BCUT2D eigenvalue weighted by atomic mass is 10.2. The second kappa shape index (κ2) is 7.56. The number of rotatable bonds is 6. The van der Waals surface area contributed by atoms with Gasteiger partial charge in [0.2, 0.25) is 5.75 Å². The van der Waals surface area contributed by atoms with E-state index in [1.807, 2.05) is 24.3 Å². The van der Waals surface area contributed by atoms with Gasteiger partial charge in [0, 0.05) is 5.56 Å². The van der Waals surface area contributed by atoms with Crippen molar-refractivity contribution in [3.63, 3.8) is 0 Å². The molecule has 0 spiro atoms. The molecule has 3 rings (SSSR count). The number of ether oxygens (including phenoxy) is 2. The molecular weight excluding hydrogens is 336 g/mol. The van der Waals surface area contributed by atoms with Crippen LogP contribution in [0.5, 0.6) is 17.2 Å². The molecule has 0 bridgehead atoms. The average molecular weight is 354 g/mol. The van der Waals surface area contributed by atoms with Crippen molar-refractivity contribution in [2.75, 3.05) is 14.2 Å². The fourth-order valence-corrected chi connectivity index (χ4v) is 2.49. The number of carbonyl (C=O) groups excluding carboxylic acids is 1. The highest BCUT2D eigenvalue weighted by Gasteiger charge is 2.10. The number of para-hydroxylation sites is 2. The van der Waals surface area contributed by atoms with Crippen LogP contribution in [0.2, 0.25) is 0 Å². The van der Waals surface area contributed by atoms with Crippen LogP contribution in [0.3, 0.4) is 0 Å². The summed E-state index contributed by atoms with van der Waals surface area (Å²) < 4.78 is 11.9. The maximum Gasteiger partial charge on any atom is 0.260 e. The molecule has 0 unspecified atom stereocenters. The van der Waals surface area contributed by atoms with Gasteiger partial charge in [0.25, 0.3) is 5.91 Å². The minimum absolute atomic E-state index is 0.0943. The number of amides is 1. The summed E-state index contributed by atoms with van der Waals surface area (Å²) in [6.45, 7) is 0.0973. The fraction of sp³-hybridized carbons (Fsp3) is 0.167. The molecule has 0 aliphatic carbocycles. The minimum Gasteiger partial charge on any atom is -0.502 e. The first kappa shape index (κ1) is 17.3. The van der Waals surface area contributed by atoms with Crippen LogP contribution < -0.4 is 14.9 Å². The minimum atomic E-state index is -0.290. The third-order valence-corrected chi connectivity index (χ3v) is 3.75. The first-order chi connectivity index (χ1) is 12.6. The number of aromatic nitrogens is 2. The summed E-state index contributed by atoms with van der Waals surface area (Å²) in [5, 5.41) is 13.8. The van der Waals surface area contributed by atoms with E-state index in [9.17, 15) is 9.90 Å². The lowest BCUT2D eigenvalue weighted by molar-refractivity contribution is -0.121. The average Bonchev–Trinajstić information content (AvgIpc) is 3.05. The van der Waals surface area contributed by atoms with E-state index in [1.54, 1.807) is 23.0 Å². The van der Waals surface area contributed by atoms with Gasteiger partial charge in [-0.2, -0.15) is 5.10 Å². The quantitative estimate of drug-likeness (QED) is 0.520. The zero-order chi connectivity index (χ0) is 18.5. The number of hydrogen-bond acceptors (Lipinski definition) is 6. The number of hydrogen-bond donors (Lipinski definition) is 2. The van der Waals surface area contributed by atoms with Crippen LogP contribution in [-0.2, 0) is 11.3 Å². The van der Waals surface area contributed by atoms with Crippen LogP contribution in [-0.4, -0.2) is 41.0 Å². The summed E-state index contributed by atoms with van der Waals surface area (Å²) in [6, 6.07) is 10.7. The zero-order valence-corrected chi connectivity index (χ0v) is 14.3. The number of phenols is 1. The summed E-state index contributed by atoms with van der Waals surface area (Å²) in [5.74, 6) is 0.120. The van der Waals surface area contributed by atoms with Gasteiger partial charge >= 0.3 is 0 Å². The van der Waals surface area contributed by atoms with E-state index in [0.29, 0.717) is 5.56 Å². The van der Waals surface area contributed by atoms with Gasteiger partial charge in [-0.05, 0) is 24.3 Å². The molecule has 1 heterocycles. The smallest absolute Gasteiger partial charge is 0.260 e. The van der Waals surface area contributed by atoms with E-state index in [2.05, 4.69) is 15.5 Å². The first-order valence-corrected chi connectivity index (χ1v) is 7.79. The van der Waals surface area contributed by atoms with Gasteiger partial charge in [0.1, 0.15) is 6.54 Å². The van der Waals surface area contributed by atoms with Crippen molar-refractivity contribution in [3.05, 3.63) is 48.3 Å². The van der Waals surface area contributed by atoms with Gasteiger partial charge in [-0.1, -0.05) is 12.1 Å². The molecule has 0 aliphatic heterocycles. The molecule has 3 aromatic rings. The summed E-state index contributed by atoms with van der Waals surface area (Å²) in [5.41, 5.74) is 4.76.